The highest BCUT2D eigenvalue weighted by molar-refractivity contribution is 7.99. The summed E-state index contributed by atoms with van der Waals surface area (Å²) in [4.78, 5) is 13.7. The fourth-order valence-electron chi connectivity index (χ4n) is 3.20. The molecule has 0 saturated carbocycles. The molecule has 0 aromatic heterocycles. The standard InChI is InChI=1S/C21H23NO4S/c23-21(22-12-16-13-25-18-8-2-3-9-19(18)26-16)17-7-1-4-10-20(17)27-14-15-6-5-11-24-15/h1-4,7-10,15-16H,5-6,11-14H2,(H,22,23)/t15-,16+/m0/s1. The summed E-state index contributed by atoms with van der Waals surface area (Å²) < 4.78 is 17.3. The second-order valence-electron chi connectivity index (χ2n) is 6.65. The van der Waals surface area contributed by atoms with E-state index < -0.39 is 0 Å². The number of amides is 1. The Bertz CT molecular complexity index is 791. The van der Waals surface area contributed by atoms with Crippen molar-refractivity contribution < 1.29 is 19.0 Å². The van der Waals surface area contributed by atoms with Crippen LogP contribution in [0.3, 0.4) is 0 Å². The Morgan fingerprint density at radius 2 is 1.89 bits per heavy atom. The number of ether oxygens (including phenoxy) is 3. The zero-order valence-electron chi connectivity index (χ0n) is 15.1. The van der Waals surface area contributed by atoms with Gasteiger partial charge in [0.2, 0.25) is 0 Å². The highest BCUT2D eigenvalue weighted by Gasteiger charge is 2.22. The molecule has 1 fully saturated rings. The van der Waals surface area contributed by atoms with Gasteiger partial charge in [-0.25, -0.2) is 0 Å². The van der Waals surface area contributed by atoms with E-state index in [0.29, 0.717) is 24.8 Å². The van der Waals surface area contributed by atoms with Gasteiger partial charge in [0.25, 0.3) is 5.91 Å². The summed E-state index contributed by atoms with van der Waals surface area (Å²) in [6, 6.07) is 15.3. The van der Waals surface area contributed by atoms with Gasteiger partial charge in [-0.15, -0.1) is 11.8 Å². The molecule has 2 aliphatic rings. The number of rotatable bonds is 6. The number of hydrogen-bond donors (Lipinski definition) is 1. The van der Waals surface area contributed by atoms with Crippen molar-refractivity contribution in [2.75, 3.05) is 25.5 Å². The van der Waals surface area contributed by atoms with Crippen LogP contribution in [-0.2, 0) is 4.74 Å². The van der Waals surface area contributed by atoms with Crippen molar-refractivity contribution in [3.8, 4) is 11.5 Å². The minimum atomic E-state index is -0.199. The number of carbonyl (C=O) groups excluding carboxylic acids is 1. The predicted molar refractivity (Wildman–Crippen MR) is 105 cm³/mol. The molecule has 2 aromatic carbocycles. The number of hydrogen-bond acceptors (Lipinski definition) is 5. The first-order valence-corrected chi connectivity index (χ1v) is 10.3. The van der Waals surface area contributed by atoms with Crippen LogP contribution in [0.15, 0.2) is 53.4 Å². The Hall–Kier alpha value is -2.18. The highest BCUT2D eigenvalue weighted by Crippen LogP contribution is 2.31. The van der Waals surface area contributed by atoms with Crippen LogP contribution >= 0.6 is 11.8 Å². The zero-order valence-corrected chi connectivity index (χ0v) is 15.9. The van der Waals surface area contributed by atoms with Gasteiger partial charge in [-0.2, -0.15) is 0 Å². The van der Waals surface area contributed by atoms with Crippen molar-refractivity contribution in [2.24, 2.45) is 0 Å². The van der Waals surface area contributed by atoms with Gasteiger partial charge in [0.1, 0.15) is 12.7 Å². The van der Waals surface area contributed by atoms with E-state index in [0.717, 1.165) is 41.6 Å². The molecule has 2 aliphatic heterocycles. The molecule has 1 amide bonds. The molecule has 2 aromatic rings. The molecule has 0 radical (unpaired) electrons. The van der Waals surface area contributed by atoms with E-state index in [1.807, 2.05) is 48.5 Å². The minimum absolute atomic E-state index is 0.0899. The topological polar surface area (TPSA) is 56.8 Å². The fraction of sp³-hybridized carbons (Fsp3) is 0.381. The van der Waals surface area contributed by atoms with Crippen molar-refractivity contribution >= 4 is 17.7 Å². The number of fused-ring (bicyclic) bond motifs is 1. The van der Waals surface area contributed by atoms with Crippen molar-refractivity contribution in [3.63, 3.8) is 0 Å². The van der Waals surface area contributed by atoms with Gasteiger partial charge in [-0.3, -0.25) is 4.79 Å². The van der Waals surface area contributed by atoms with E-state index in [4.69, 9.17) is 14.2 Å². The first kappa shape index (κ1) is 18.2. The minimum Gasteiger partial charge on any atom is -0.486 e. The first-order valence-electron chi connectivity index (χ1n) is 9.30. The largest absolute Gasteiger partial charge is 0.486 e. The van der Waals surface area contributed by atoms with Crippen LogP contribution in [0.2, 0.25) is 0 Å². The molecule has 2 atom stereocenters. The van der Waals surface area contributed by atoms with Crippen molar-refractivity contribution in [3.05, 3.63) is 54.1 Å². The maximum absolute atomic E-state index is 12.7. The predicted octanol–water partition coefficient (Wildman–Crippen LogP) is 3.53. The van der Waals surface area contributed by atoms with Gasteiger partial charge in [0.05, 0.1) is 18.2 Å². The van der Waals surface area contributed by atoms with Crippen LogP contribution < -0.4 is 14.8 Å². The average Bonchev–Trinajstić information content (AvgIpc) is 3.24. The van der Waals surface area contributed by atoms with E-state index in [1.54, 1.807) is 11.8 Å². The summed E-state index contributed by atoms with van der Waals surface area (Å²) >= 11 is 1.68. The summed E-state index contributed by atoms with van der Waals surface area (Å²) in [5.74, 6) is 2.25. The smallest absolute Gasteiger partial charge is 0.252 e. The summed E-state index contributed by atoms with van der Waals surface area (Å²) in [5.41, 5.74) is 0.692. The third kappa shape index (κ3) is 4.57. The second kappa shape index (κ2) is 8.67. The monoisotopic (exact) mass is 385 g/mol. The highest BCUT2D eigenvalue weighted by atomic mass is 32.2. The van der Waals surface area contributed by atoms with E-state index in [2.05, 4.69) is 5.32 Å². The number of para-hydroxylation sites is 2. The van der Waals surface area contributed by atoms with Gasteiger partial charge in [0, 0.05) is 17.3 Å². The molecule has 0 aliphatic carbocycles. The number of benzene rings is 2. The van der Waals surface area contributed by atoms with Gasteiger partial charge in [0.15, 0.2) is 11.5 Å². The van der Waals surface area contributed by atoms with Crippen LogP contribution in [0, 0.1) is 0 Å². The summed E-state index contributed by atoms with van der Waals surface area (Å²) in [7, 11) is 0. The lowest BCUT2D eigenvalue weighted by Gasteiger charge is -2.26. The normalized spacial score (nSPS) is 21.0. The molecule has 5 nitrogen and oxygen atoms in total. The SMILES string of the molecule is O=C(NC[C@@H]1COc2ccccc2O1)c1ccccc1SC[C@@H]1CCCO1. The Morgan fingerprint density at radius 1 is 1.07 bits per heavy atom. The molecule has 2 heterocycles. The molecule has 0 bridgehead atoms. The van der Waals surface area contributed by atoms with Crippen LogP contribution in [0.1, 0.15) is 23.2 Å². The Labute approximate surface area is 163 Å². The molecular formula is C21H23NO4S. The van der Waals surface area contributed by atoms with Crippen LogP contribution in [0.25, 0.3) is 0 Å². The molecule has 6 heteroatoms. The van der Waals surface area contributed by atoms with Crippen LogP contribution in [0.4, 0.5) is 0 Å². The van der Waals surface area contributed by atoms with Gasteiger partial charge in [-0.05, 0) is 37.1 Å². The fourth-order valence-corrected chi connectivity index (χ4v) is 4.32. The molecule has 0 unspecified atom stereocenters. The molecular weight excluding hydrogens is 362 g/mol. The van der Waals surface area contributed by atoms with Crippen molar-refractivity contribution in [1.82, 2.24) is 5.32 Å². The van der Waals surface area contributed by atoms with E-state index in [1.165, 1.54) is 0 Å². The zero-order chi connectivity index (χ0) is 18.5. The molecule has 142 valence electrons. The van der Waals surface area contributed by atoms with Gasteiger partial charge >= 0.3 is 0 Å². The average molecular weight is 385 g/mol. The maximum Gasteiger partial charge on any atom is 0.252 e. The molecule has 0 spiro atoms. The second-order valence-corrected chi connectivity index (χ2v) is 7.71. The molecule has 1 saturated heterocycles. The maximum atomic E-state index is 12.7. The summed E-state index contributed by atoms with van der Waals surface area (Å²) in [5, 5.41) is 2.98. The Morgan fingerprint density at radius 3 is 2.74 bits per heavy atom. The summed E-state index contributed by atoms with van der Waals surface area (Å²) in [6.45, 7) is 1.67. The quantitative estimate of drug-likeness (QED) is 0.771. The van der Waals surface area contributed by atoms with Gasteiger partial charge < -0.3 is 19.5 Å². The first-order chi connectivity index (χ1) is 13.3. The van der Waals surface area contributed by atoms with E-state index >= 15 is 0 Å². The van der Waals surface area contributed by atoms with E-state index in [9.17, 15) is 4.79 Å². The Balaban J connectivity index is 1.33. The number of thioether (sulfide) groups is 1. The lowest BCUT2D eigenvalue weighted by molar-refractivity contribution is 0.0787. The molecule has 1 N–H and O–H groups in total. The molecule has 4 rings (SSSR count). The Kier molecular flexibility index (Phi) is 5.84. The number of carbonyl (C=O) groups is 1. The van der Waals surface area contributed by atoms with Crippen molar-refractivity contribution in [1.29, 1.82) is 0 Å². The third-order valence-electron chi connectivity index (χ3n) is 4.64. The molecule has 27 heavy (non-hydrogen) atoms. The number of nitrogens with one attached hydrogen (secondary N) is 1. The van der Waals surface area contributed by atoms with E-state index in [-0.39, 0.29) is 12.0 Å². The lowest BCUT2D eigenvalue weighted by atomic mass is 10.2. The van der Waals surface area contributed by atoms with Gasteiger partial charge in [-0.1, -0.05) is 24.3 Å². The van der Waals surface area contributed by atoms with Crippen LogP contribution in [0.5, 0.6) is 11.5 Å². The van der Waals surface area contributed by atoms with Crippen LogP contribution in [-0.4, -0.2) is 43.6 Å². The van der Waals surface area contributed by atoms with Crippen molar-refractivity contribution in [2.45, 2.75) is 29.9 Å². The third-order valence-corrected chi connectivity index (χ3v) is 5.84. The lowest BCUT2D eigenvalue weighted by Crippen LogP contribution is -2.40. The summed E-state index contributed by atoms with van der Waals surface area (Å²) in [6.07, 6.45) is 2.32.